The van der Waals surface area contributed by atoms with Gasteiger partial charge in [0.1, 0.15) is 17.7 Å². The van der Waals surface area contributed by atoms with Crippen LogP contribution in [0.15, 0.2) is 42.9 Å². The first-order chi connectivity index (χ1) is 13.3. The van der Waals surface area contributed by atoms with Gasteiger partial charge in [0.2, 0.25) is 5.88 Å². The molecule has 8 heteroatoms. The molecule has 5 rings (SSSR count). The fourth-order valence-electron chi connectivity index (χ4n) is 4.06. The fourth-order valence-corrected chi connectivity index (χ4v) is 4.06. The molecule has 3 aromatic rings. The van der Waals surface area contributed by atoms with Crippen LogP contribution in [-0.2, 0) is 4.74 Å². The maximum atomic E-state index is 6.17. The van der Waals surface area contributed by atoms with Crippen LogP contribution in [0.4, 0.5) is 5.82 Å². The minimum atomic E-state index is -0.0439. The second kappa shape index (κ2) is 6.77. The zero-order valence-corrected chi connectivity index (χ0v) is 15.1. The standard InChI is InChI=1S/C19H22N6O2/c1-2-8-20-18(3-1)26-9-6-15-7-10-27-19(11-15)12-24(13-19)17-5-4-16-22-21-14-25(16)23-17/h1-5,8,14-15H,6-7,9-13H2/t15-/m1/s1. The topological polar surface area (TPSA) is 77.7 Å². The summed E-state index contributed by atoms with van der Waals surface area (Å²) in [5.41, 5.74) is 0.716. The zero-order valence-electron chi connectivity index (χ0n) is 15.1. The summed E-state index contributed by atoms with van der Waals surface area (Å²) in [4.78, 5) is 6.46. The second-order valence-corrected chi connectivity index (χ2v) is 7.38. The Hall–Kier alpha value is -2.74. The minimum absolute atomic E-state index is 0.0439. The Balaban J connectivity index is 1.15. The molecule has 2 aliphatic heterocycles. The molecule has 2 saturated heterocycles. The van der Waals surface area contributed by atoms with Crippen LogP contribution in [0.2, 0.25) is 0 Å². The van der Waals surface area contributed by atoms with Crippen molar-refractivity contribution in [2.75, 3.05) is 31.2 Å². The lowest BCUT2D eigenvalue weighted by atomic mass is 9.79. The lowest BCUT2D eigenvalue weighted by molar-refractivity contribution is -0.115. The smallest absolute Gasteiger partial charge is 0.213 e. The average molecular weight is 366 g/mol. The van der Waals surface area contributed by atoms with Crippen molar-refractivity contribution in [1.82, 2.24) is 24.8 Å². The highest BCUT2D eigenvalue weighted by Gasteiger charge is 2.48. The molecule has 0 unspecified atom stereocenters. The van der Waals surface area contributed by atoms with Crippen molar-refractivity contribution in [3.63, 3.8) is 0 Å². The summed E-state index contributed by atoms with van der Waals surface area (Å²) in [7, 11) is 0. The van der Waals surface area contributed by atoms with E-state index in [0.717, 1.165) is 50.4 Å². The number of ether oxygens (including phenoxy) is 2. The predicted octanol–water partition coefficient (Wildman–Crippen LogP) is 1.97. The quantitative estimate of drug-likeness (QED) is 0.683. The van der Waals surface area contributed by atoms with Gasteiger partial charge < -0.3 is 14.4 Å². The molecule has 0 aromatic carbocycles. The van der Waals surface area contributed by atoms with Crippen molar-refractivity contribution in [1.29, 1.82) is 0 Å². The van der Waals surface area contributed by atoms with Gasteiger partial charge in [-0.1, -0.05) is 6.07 Å². The molecule has 2 aliphatic rings. The van der Waals surface area contributed by atoms with Gasteiger partial charge in [-0.25, -0.2) is 4.98 Å². The van der Waals surface area contributed by atoms with Crippen LogP contribution in [0, 0.1) is 5.92 Å². The predicted molar refractivity (Wildman–Crippen MR) is 98.8 cm³/mol. The molecule has 3 aromatic heterocycles. The van der Waals surface area contributed by atoms with Gasteiger partial charge in [0.15, 0.2) is 5.65 Å². The molecule has 0 radical (unpaired) electrons. The molecule has 0 bridgehead atoms. The number of rotatable bonds is 5. The summed E-state index contributed by atoms with van der Waals surface area (Å²) in [6.45, 7) is 3.28. The highest BCUT2D eigenvalue weighted by atomic mass is 16.5. The van der Waals surface area contributed by atoms with Crippen molar-refractivity contribution < 1.29 is 9.47 Å². The van der Waals surface area contributed by atoms with Crippen LogP contribution in [-0.4, -0.2) is 56.7 Å². The van der Waals surface area contributed by atoms with Crippen molar-refractivity contribution in [3.8, 4) is 5.88 Å². The van der Waals surface area contributed by atoms with Gasteiger partial charge in [0, 0.05) is 18.9 Å². The highest BCUT2D eigenvalue weighted by molar-refractivity contribution is 5.48. The molecule has 2 fully saturated rings. The Kier molecular flexibility index (Phi) is 4.12. The van der Waals surface area contributed by atoms with E-state index in [1.807, 2.05) is 30.3 Å². The number of hydrogen-bond acceptors (Lipinski definition) is 7. The van der Waals surface area contributed by atoms with Crippen molar-refractivity contribution in [2.24, 2.45) is 5.92 Å². The Morgan fingerprint density at radius 1 is 1.22 bits per heavy atom. The van der Waals surface area contributed by atoms with Gasteiger partial charge in [-0.05, 0) is 43.4 Å². The molecule has 1 atom stereocenters. The van der Waals surface area contributed by atoms with Crippen LogP contribution in [0.1, 0.15) is 19.3 Å². The van der Waals surface area contributed by atoms with E-state index in [0.29, 0.717) is 18.4 Å². The molecular weight excluding hydrogens is 344 g/mol. The molecule has 0 amide bonds. The molecule has 8 nitrogen and oxygen atoms in total. The third-order valence-electron chi connectivity index (χ3n) is 5.44. The van der Waals surface area contributed by atoms with Crippen molar-refractivity contribution in [2.45, 2.75) is 24.9 Å². The minimum Gasteiger partial charge on any atom is -0.478 e. The summed E-state index contributed by atoms with van der Waals surface area (Å²) < 4.78 is 13.6. The molecule has 0 N–H and O–H groups in total. The highest BCUT2D eigenvalue weighted by Crippen LogP contribution is 2.39. The average Bonchev–Trinajstić information content (AvgIpc) is 3.15. The largest absolute Gasteiger partial charge is 0.478 e. The van der Waals surface area contributed by atoms with E-state index in [1.165, 1.54) is 0 Å². The lowest BCUT2D eigenvalue weighted by Gasteiger charge is -2.53. The molecule has 140 valence electrons. The first-order valence-electron chi connectivity index (χ1n) is 9.40. The zero-order chi connectivity index (χ0) is 18.1. The Morgan fingerprint density at radius 2 is 2.19 bits per heavy atom. The Morgan fingerprint density at radius 3 is 3.07 bits per heavy atom. The van der Waals surface area contributed by atoms with E-state index in [1.54, 1.807) is 17.0 Å². The van der Waals surface area contributed by atoms with Gasteiger partial charge in [-0.3, -0.25) is 0 Å². The van der Waals surface area contributed by atoms with E-state index in [4.69, 9.17) is 9.47 Å². The number of anilines is 1. The molecule has 0 saturated carbocycles. The van der Waals surface area contributed by atoms with Gasteiger partial charge >= 0.3 is 0 Å². The Bertz CT molecular complexity index is 909. The van der Waals surface area contributed by atoms with Crippen LogP contribution in [0.25, 0.3) is 5.65 Å². The van der Waals surface area contributed by atoms with Crippen LogP contribution in [0.5, 0.6) is 5.88 Å². The number of pyridine rings is 1. The summed E-state index contributed by atoms with van der Waals surface area (Å²) in [5.74, 6) is 2.26. The first-order valence-corrected chi connectivity index (χ1v) is 9.40. The molecular formula is C19H22N6O2. The molecule has 0 aliphatic carbocycles. The van der Waals surface area contributed by atoms with Crippen LogP contribution >= 0.6 is 0 Å². The number of aromatic nitrogens is 5. The summed E-state index contributed by atoms with van der Waals surface area (Å²) in [5, 5.41) is 12.5. The lowest BCUT2D eigenvalue weighted by Crippen LogP contribution is -2.65. The number of nitrogens with zero attached hydrogens (tertiary/aromatic N) is 6. The van der Waals surface area contributed by atoms with Crippen molar-refractivity contribution >= 4 is 11.5 Å². The fraction of sp³-hybridized carbons (Fsp3) is 0.474. The molecule has 5 heterocycles. The summed E-state index contributed by atoms with van der Waals surface area (Å²) in [6, 6.07) is 9.68. The molecule has 27 heavy (non-hydrogen) atoms. The van der Waals surface area contributed by atoms with Gasteiger partial charge in [0.25, 0.3) is 0 Å². The monoisotopic (exact) mass is 366 g/mol. The van der Waals surface area contributed by atoms with Gasteiger partial charge in [0.05, 0.1) is 19.7 Å². The van der Waals surface area contributed by atoms with Gasteiger partial charge in [-0.15, -0.1) is 15.3 Å². The summed E-state index contributed by atoms with van der Waals surface area (Å²) in [6.07, 6.45) is 6.59. The van der Waals surface area contributed by atoms with Crippen molar-refractivity contribution in [3.05, 3.63) is 42.9 Å². The number of hydrogen-bond donors (Lipinski definition) is 0. The van der Waals surface area contributed by atoms with E-state index < -0.39 is 0 Å². The maximum absolute atomic E-state index is 6.17. The number of fused-ring (bicyclic) bond motifs is 1. The normalized spacial score (nSPS) is 21.3. The first kappa shape index (κ1) is 16.4. The van der Waals surface area contributed by atoms with Crippen LogP contribution < -0.4 is 9.64 Å². The van der Waals surface area contributed by atoms with E-state index in [-0.39, 0.29) is 5.60 Å². The third-order valence-corrected chi connectivity index (χ3v) is 5.44. The van der Waals surface area contributed by atoms with E-state index in [9.17, 15) is 0 Å². The second-order valence-electron chi connectivity index (χ2n) is 7.38. The maximum Gasteiger partial charge on any atom is 0.213 e. The van der Waals surface area contributed by atoms with E-state index >= 15 is 0 Å². The Labute approximate surface area is 157 Å². The van der Waals surface area contributed by atoms with Gasteiger partial charge in [-0.2, -0.15) is 4.52 Å². The third kappa shape index (κ3) is 3.32. The summed E-state index contributed by atoms with van der Waals surface area (Å²) >= 11 is 0. The molecule has 1 spiro atoms. The van der Waals surface area contributed by atoms with Crippen LogP contribution in [0.3, 0.4) is 0 Å². The van der Waals surface area contributed by atoms with E-state index in [2.05, 4.69) is 25.2 Å². The SMILES string of the molecule is c1ccc(OCC[C@@H]2CCOC3(C2)CN(c2ccc4nncn4n2)C3)nc1.